The van der Waals surface area contributed by atoms with Gasteiger partial charge in [-0.05, 0) is 30.9 Å². The number of ether oxygens (including phenoxy) is 1. The maximum Gasteiger partial charge on any atom is 0.0901 e. The van der Waals surface area contributed by atoms with Crippen LogP contribution in [0.4, 0.5) is 0 Å². The average molecular weight is 200 g/mol. The van der Waals surface area contributed by atoms with Crippen molar-refractivity contribution in [3.05, 3.63) is 21.9 Å². The molecule has 1 rings (SSSR count). The summed E-state index contributed by atoms with van der Waals surface area (Å²) < 4.78 is 4.96. The molecule has 0 aliphatic heterocycles. The Bertz CT molecular complexity index is 266. The summed E-state index contributed by atoms with van der Waals surface area (Å²) in [5.74, 6) is 0. The van der Waals surface area contributed by atoms with Gasteiger partial charge in [-0.3, -0.25) is 0 Å². The van der Waals surface area contributed by atoms with E-state index in [0.717, 1.165) is 5.56 Å². The van der Waals surface area contributed by atoms with E-state index in [4.69, 9.17) is 4.74 Å². The van der Waals surface area contributed by atoms with Crippen molar-refractivity contribution in [2.45, 2.75) is 25.9 Å². The van der Waals surface area contributed by atoms with Crippen LogP contribution in [0.5, 0.6) is 0 Å². The van der Waals surface area contributed by atoms with Gasteiger partial charge in [0.2, 0.25) is 0 Å². The van der Waals surface area contributed by atoms with Crippen molar-refractivity contribution in [2.75, 3.05) is 13.7 Å². The zero-order valence-electron chi connectivity index (χ0n) is 8.33. The summed E-state index contributed by atoms with van der Waals surface area (Å²) >= 11 is 1.66. The third-order valence-corrected chi connectivity index (χ3v) is 3.08. The summed E-state index contributed by atoms with van der Waals surface area (Å²) in [5, 5.41) is 12.1. The standard InChI is InChI=1S/C10H16O2S/c1-8-9(4-7-13-8)10(2,11)5-6-12-3/h4,7,11H,5-6H2,1-3H3. The van der Waals surface area contributed by atoms with Crippen molar-refractivity contribution >= 4 is 11.3 Å². The first-order valence-electron chi connectivity index (χ1n) is 4.34. The molecule has 13 heavy (non-hydrogen) atoms. The van der Waals surface area contributed by atoms with E-state index in [1.165, 1.54) is 4.88 Å². The number of thiophene rings is 1. The molecule has 1 N–H and O–H groups in total. The summed E-state index contributed by atoms with van der Waals surface area (Å²) in [6.07, 6.45) is 0.640. The molecule has 1 heterocycles. The van der Waals surface area contributed by atoms with Crippen LogP contribution in [-0.2, 0) is 10.3 Å². The van der Waals surface area contributed by atoms with Gasteiger partial charge in [-0.15, -0.1) is 11.3 Å². The SMILES string of the molecule is COCCC(C)(O)c1ccsc1C. The second-order valence-electron chi connectivity index (χ2n) is 3.41. The number of methoxy groups -OCH3 is 1. The highest BCUT2D eigenvalue weighted by Gasteiger charge is 2.24. The highest BCUT2D eigenvalue weighted by molar-refractivity contribution is 7.10. The summed E-state index contributed by atoms with van der Waals surface area (Å²) in [7, 11) is 1.65. The molecule has 0 saturated carbocycles. The maximum atomic E-state index is 10.1. The molecule has 3 heteroatoms. The Kier molecular flexibility index (Phi) is 3.47. The zero-order valence-corrected chi connectivity index (χ0v) is 9.15. The normalized spacial score (nSPS) is 15.7. The Morgan fingerprint density at radius 2 is 2.31 bits per heavy atom. The third kappa shape index (κ3) is 2.53. The minimum atomic E-state index is -0.750. The number of rotatable bonds is 4. The molecule has 1 unspecified atom stereocenters. The Morgan fingerprint density at radius 1 is 1.62 bits per heavy atom. The number of hydrogen-bond acceptors (Lipinski definition) is 3. The lowest BCUT2D eigenvalue weighted by molar-refractivity contribution is 0.0209. The van der Waals surface area contributed by atoms with Crippen molar-refractivity contribution in [1.82, 2.24) is 0 Å². The van der Waals surface area contributed by atoms with E-state index in [9.17, 15) is 5.11 Å². The van der Waals surface area contributed by atoms with Crippen molar-refractivity contribution in [3.8, 4) is 0 Å². The molecule has 0 aliphatic carbocycles. The predicted octanol–water partition coefficient (Wildman–Crippen LogP) is 2.30. The van der Waals surface area contributed by atoms with E-state index in [2.05, 4.69) is 0 Å². The highest BCUT2D eigenvalue weighted by atomic mass is 32.1. The van der Waals surface area contributed by atoms with Crippen molar-refractivity contribution in [3.63, 3.8) is 0 Å². The van der Waals surface area contributed by atoms with Crippen molar-refractivity contribution in [1.29, 1.82) is 0 Å². The lowest BCUT2D eigenvalue weighted by atomic mass is 9.94. The van der Waals surface area contributed by atoms with Gasteiger partial charge in [0.25, 0.3) is 0 Å². The van der Waals surface area contributed by atoms with Crippen LogP contribution in [0.1, 0.15) is 23.8 Å². The van der Waals surface area contributed by atoms with Gasteiger partial charge in [0.1, 0.15) is 0 Å². The molecule has 2 nitrogen and oxygen atoms in total. The second-order valence-corrected chi connectivity index (χ2v) is 4.53. The first-order chi connectivity index (χ1) is 6.08. The van der Waals surface area contributed by atoms with E-state index < -0.39 is 5.60 Å². The Hall–Kier alpha value is -0.380. The van der Waals surface area contributed by atoms with Gasteiger partial charge in [0.15, 0.2) is 0 Å². The van der Waals surface area contributed by atoms with Crippen LogP contribution in [0.25, 0.3) is 0 Å². The molecule has 1 atom stereocenters. The van der Waals surface area contributed by atoms with Gasteiger partial charge >= 0.3 is 0 Å². The minimum absolute atomic E-state index is 0.586. The lowest BCUT2D eigenvalue weighted by Crippen LogP contribution is -2.23. The molecule has 0 bridgehead atoms. The molecular weight excluding hydrogens is 184 g/mol. The second kappa shape index (κ2) is 4.22. The lowest BCUT2D eigenvalue weighted by Gasteiger charge is -2.23. The van der Waals surface area contributed by atoms with E-state index in [-0.39, 0.29) is 0 Å². The molecule has 0 aromatic carbocycles. The van der Waals surface area contributed by atoms with Gasteiger partial charge < -0.3 is 9.84 Å². The molecule has 1 aromatic heterocycles. The van der Waals surface area contributed by atoms with Crippen LogP contribution in [0.15, 0.2) is 11.4 Å². The smallest absolute Gasteiger partial charge is 0.0901 e. The summed E-state index contributed by atoms with van der Waals surface area (Å²) in [6.45, 7) is 4.45. The van der Waals surface area contributed by atoms with Crippen molar-refractivity contribution in [2.24, 2.45) is 0 Å². The monoisotopic (exact) mass is 200 g/mol. The van der Waals surface area contributed by atoms with Gasteiger partial charge in [-0.2, -0.15) is 0 Å². The van der Waals surface area contributed by atoms with Gasteiger partial charge in [0, 0.05) is 25.0 Å². The summed E-state index contributed by atoms with van der Waals surface area (Å²) in [5.41, 5.74) is 0.273. The quantitative estimate of drug-likeness (QED) is 0.808. The Labute approximate surface area is 83.2 Å². The van der Waals surface area contributed by atoms with Crippen LogP contribution in [0.3, 0.4) is 0 Å². The van der Waals surface area contributed by atoms with E-state index in [0.29, 0.717) is 13.0 Å². The van der Waals surface area contributed by atoms with Crippen LogP contribution in [-0.4, -0.2) is 18.8 Å². The van der Waals surface area contributed by atoms with Crippen LogP contribution in [0.2, 0.25) is 0 Å². The molecule has 1 aromatic rings. The first kappa shape index (κ1) is 10.7. The fraction of sp³-hybridized carbons (Fsp3) is 0.600. The fourth-order valence-corrected chi connectivity index (χ4v) is 2.20. The number of aryl methyl sites for hydroxylation is 1. The van der Waals surface area contributed by atoms with Gasteiger partial charge in [0.05, 0.1) is 5.60 Å². The average Bonchev–Trinajstić information content (AvgIpc) is 2.48. The van der Waals surface area contributed by atoms with E-state index in [1.807, 2.05) is 25.3 Å². The van der Waals surface area contributed by atoms with Crippen molar-refractivity contribution < 1.29 is 9.84 Å². The molecule has 0 amide bonds. The minimum Gasteiger partial charge on any atom is -0.385 e. The molecular formula is C10H16O2S. The van der Waals surface area contributed by atoms with E-state index in [1.54, 1.807) is 18.4 Å². The fourth-order valence-electron chi connectivity index (χ4n) is 1.38. The van der Waals surface area contributed by atoms with Crippen LogP contribution in [0, 0.1) is 6.92 Å². The molecule has 0 radical (unpaired) electrons. The number of hydrogen-bond donors (Lipinski definition) is 1. The summed E-state index contributed by atoms with van der Waals surface area (Å²) in [4.78, 5) is 1.18. The van der Waals surface area contributed by atoms with Crippen LogP contribution < -0.4 is 0 Å². The molecule has 0 fully saturated rings. The zero-order chi connectivity index (χ0) is 9.90. The summed E-state index contributed by atoms with van der Waals surface area (Å²) in [6, 6.07) is 1.98. The van der Waals surface area contributed by atoms with Gasteiger partial charge in [-0.1, -0.05) is 0 Å². The first-order valence-corrected chi connectivity index (χ1v) is 5.22. The van der Waals surface area contributed by atoms with Crippen LogP contribution >= 0.6 is 11.3 Å². The van der Waals surface area contributed by atoms with E-state index >= 15 is 0 Å². The molecule has 0 spiro atoms. The number of aliphatic hydroxyl groups is 1. The molecule has 0 saturated heterocycles. The Balaban J connectivity index is 2.74. The topological polar surface area (TPSA) is 29.5 Å². The molecule has 0 aliphatic rings. The predicted molar refractivity (Wildman–Crippen MR) is 55.1 cm³/mol. The highest BCUT2D eigenvalue weighted by Crippen LogP contribution is 2.30. The molecule has 74 valence electrons. The largest absolute Gasteiger partial charge is 0.385 e. The third-order valence-electron chi connectivity index (χ3n) is 2.23. The van der Waals surface area contributed by atoms with Gasteiger partial charge in [-0.25, -0.2) is 0 Å². The maximum absolute atomic E-state index is 10.1. The Morgan fingerprint density at radius 3 is 2.77 bits per heavy atom.